The van der Waals surface area contributed by atoms with E-state index in [-0.39, 0.29) is 23.5 Å². The number of carbonyl (C=O) groups excluding carboxylic acids is 3. The van der Waals surface area contributed by atoms with Crippen LogP contribution < -0.4 is 10.9 Å². The van der Waals surface area contributed by atoms with Crippen molar-refractivity contribution in [2.24, 2.45) is 0 Å². The van der Waals surface area contributed by atoms with Crippen LogP contribution in [0.2, 0.25) is 0 Å². The van der Waals surface area contributed by atoms with E-state index < -0.39 is 17.4 Å². The molecule has 0 aliphatic rings. The van der Waals surface area contributed by atoms with Crippen molar-refractivity contribution < 1.29 is 19.1 Å². The zero-order valence-electron chi connectivity index (χ0n) is 14.1. The molecular weight excluding hydrogens is 324 g/mol. The number of anilines is 1. The van der Waals surface area contributed by atoms with Crippen molar-refractivity contribution in [3.63, 3.8) is 0 Å². The smallest absolute Gasteiger partial charge is 0.339 e. The normalized spacial score (nSPS) is 10.2. The molecule has 2 rings (SSSR count). The number of ketones is 1. The van der Waals surface area contributed by atoms with Crippen molar-refractivity contribution in [2.75, 3.05) is 11.9 Å². The number of rotatable bonds is 5. The Morgan fingerprint density at radius 3 is 2.32 bits per heavy atom. The highest BCUT2D eigenvalue weighted by molar-refractivity contribution is 6.05. The molecule has 7 heteroatoms. The van der Waals surface area contributed by atoms with Crippen LogP contribution in [0.1, 0.15) is 50.6 Å². The summed E-state index contributed by atoms with van der Waals surface area (Å²) in [5.74, 6) is -1.37. The van der Waals surface area contributed by atoms with Crippen LogP contribution in [-0.4, -0.2) is 29.3 Å². The molecule has 2 N–H and O–H groups in total. The largest absolute Gasteiger partial charge is 0.462 e. The van der Waals surface area contributed by atoms with Gasteiger partial charge in [0.1, 0.15) is 5.56 Å². The second-order valence-electron chi connectivity index (χ2n) is 5.36. The van der Waals surface area contributed by atoms with E-state index in [4.69, 9.17) is 4.74 Å². The Morgan fingerprint density at radius 1 is 1.12 bits per heavy atom. The van der Waals surface area contributed by atoms with Crippen molar-refractivity contribution in [3.05, 3.63) is 63.1 Å². The van der Waals surface area contributed by atoms with Gasteiger partial charge in [-0.1, -0.05) is 0 Å². The number of esters is 1. The van der Waals surface area contributed by atoms with Crippen LogP contribution in [0.5, 0.6) is 0 Å². The highest BCUT2D eigenvalue weighted by Gasteiger charge is 2.18. The van der Waals surface area contributed by atoms with Gasteiger partial charge in [-0.25, -0.2) is 4.79 Å². The van der Waals surface area contributed by atoms with Gasteiger partial charge in [0.05, 0.1) is 12.2 Å². The molecule has 0 spiro atoms. The molecular formula is C18H18N2O5. The summed E-state index contributed by atoms with van der Waals surface area (Å²) in [5, 5.41) is 2.56. The predicted octanol–water partition coefficient (Wildman–Crippen LogP) is 2.31. The number of hydrogen-bond acceptors (Lipinski definition) is 5. The highest BCUT2D eigenvalue weighted by Crippen LogP contribution is 2.12. The number of carbonyl (C=O) groups is 3. The van der Waals surface area contributed by atoms with E-state index in [9.17, 15) is 19.2 Å². The highest BCUT2D eigenvalue weighted by atomic mass is 16.5. The summed E-state index contributed by atoms with van der Waals surface area (Å²) in [6, 6.07) is 7.47. The first-order valence-electron chi connectivity index (χ1n) is 7.67. The quantitative estimate of drug-likeness (QED) is 0.641. The van der Waals surface area contributed by atoms with Crippen LogP contribution in [0, 0.1) is 6.92 Å². The molecule has 1 aromatic heterocycles. The van der Waals surface area contributed by atoms with Gasteiger partial charge in [0.15, 0.2) is 5.78 Å². The second-order valence-corrected chi connectivity index (χ2v) is 5.36. The molecule has 0 unspecified atom stereocenters. The number of H-pyrrole nitrogens is 1. The Morgan fingerprint density at radius 2 is 1.76 bits per heavy atom. The van der Waals surface area contributed by atoms with E-state index in [2.05, 4.69) is 10.3 Å². The van der Waals surface area contributed by atoms with E-state index in [0.29, 0.717) is 16.9 Å². The molecule has 0 bridgehead atoms. The van der Waals surface area contributed by atoms with Crippen LogP contribution in [0.25, 0.3) is 0 Å². The van der Waals surface area contributed by atoms with E-state index in [1.807, 2.05) is 0 Å². The summed E-state index contributed by atoms with van der Waals surface area (Å²) in [6.45, 7) is 4.84. The molecule has 25 heavy (non-hydrogen) atoms. The lowest BCUT2D eigenvalue weighted by Crippen LogP contribution is -2.25. The van der Waals surface area contributed by atoms with Crippen LogP contribution in [0.3, 0.4) is 0 Å². The van der Waals surface area contributed by atoms with Gasteiger partial charge in [-0.3, -0.25) is 14.4 Å². The maximum Gasteiger partial charge on any atom is 0.339 e. The van der Waals surface area contributed by atoms with Crippen molar-refractivity contribution in [1.82, 2.24) is 4.98 Å². The summed E-state index contributed by atoms with van der Waals surface area (Å²) in [4.78, 5) is 50.0. The minimum absolute atomic E-state index is 0.0908. The third-order valence-corrected chi connectivity index (χ3v) is 3.53. The Balaban J connectivity index is 2.29. The van der Waals surface area contributed by atoms with Gasteiger partial charge in [0, 0.05) is 16.9 Å². The molecule has 0 radical (unpaired) electrons. The van der Waals surface area contributed by atoms with Gasteiger partial charge in [0.2, 0.25) is 0 Å². The number of hydrogen-bond donors (Lipinski definition) is 2. The molecule has 0 saturated heterocycles. The van der Waals surface area contributed by atoms with E-state index in [1.165, 1.54) is 13.0 Å². The third-order valence-electron chi connectivity index (χ3n) is 3.53. The number of nitrogens with one attached hydrogen (secondary N) is 2. The van der Waals surface area contributed by atoms with Crippen LogP contribution in [0.15, 0.2) is 35.1 Å². The van der Waals surface area contributed by atoms with Crippen LogP contribution >= 0.6 is 0 Å². The molecule has 0 saturated carbocycles. The average molecular weight is 342 g/mol. The molecule has 1 aromatic carbocycles. The Hall–Kier alpha value is -3.22. The molecule has 1 heterocycles. The van der Waals surface area contributed by atoms with E-state index in [1.54, 1.807) is 38.1 Å². The zero-order chi connectivity index (χ0) is 18.6. The van der Waals surface area contributed by atoms with Gasteiger partial charge in [-0.2, -0.15) is 0 Å². The first-order valence-corrected chi connectivity index (χ1v) is 7.67. The van der Waals surface area contributed by atoms with Crippen molar-refractivity contribution >= 4 is 23.3 Å². The SMILES string of the molecule is CCOC(=O)c1cc(C(=O)Nc2ccc(C(C)=O)cc2)c(=O)[nH]c1C. The number of aryl methyl sites for hydroxylation is 1. The van der Waals surface area contributed by atoms with Gasteiger partial charge < -0.3 is 15.0 Å². The number of benzene rings is 1. The van der Waals surface area contributed by atoms with Gasteiger partial charge in [-0.15, -0.1) is 0 Å². The van der Waals surface area contributed by atoms with Gasteiger partial charge >= 0.3 is 5.97 Å². The molecule has 0 aliphatic heterocycles. The number of ether oxygens (including phenoxy) is 1. The minimum atomic E-state index is -0.664. The summed E-state index contributed by atoms with van der Waals surface area (Å²) >= 11 is 0. The molecule has 7 nitrogen and oxygen atoms in total. The lowest BCUT2D eigenvalue weighted by Gasteiger charge is -2.09. The fraction of sp³-hybridized carbons (Fsp3) is 0.222. The lowest BCUT2D eigenvalue weighted by molar-refractivity contribution is 0.0524. The maximum absolute atomic E-state index is 12.3. The van der Waals surface area contributed by atoms with E-state index in [0.717, 1.165) is 0 Å². The van der Waals surface area contributed by atoms with Crippen molar-refractivity contribution in [2.45, 2.75) is 20.8 Å². The Labute approximate surface area is 144 Å². The van der Waals surface area contributed by atoms with Crippen LogP contribution in [-0.2, 0) is 4.74 Å². The summed E-state index contributed by atoms with van der Waals surface area (Å²) in [6.07, 6.45) is 0. The third kappa shape index (κ3) is 4.20. The number of amides is 1. The summed E-state index contributed by atoms with van der Waals surface area (Å²) in [5.41, 5.74) is 0.570. The summed E-state index contributed by atoms with van der Waals surface area (Å²) in [7, 11) is 0. The minimum Gasteiger partial charge on any atom is -0.462 e. The molecule has 130 valence electrons. The number of Topliss-reactive ketones (excluding diaryl/α,β-unsaturated/α-hetero) is 1. The van der Waals surface area contributed by atoms with Crippen molar-refractivity contribution in [3.8, 4) is 0 Å². The number of aromatic nitrogens is 1. The first-order chi connectivity index (χ1) is 11.8. The summed E-state index contributed by atoms with van der Waals surface area (Å²) < 4.78 is 4.91. The standard InChI is InChI=1S/C18H18N2O5/c1-4-25-18(24)14-9-15(16(22)19-10(14)2)17(23)20-13-7-5-12(6-8-13)11(3)21/h5-9H,4H2,1-3H3,(H,19,22)(H,20,23). The molecule has 0 atom stereocenters. The second kappa shape index (κ2) is 7.57. The van der Waals surface area contributed by atoms with Gasteiger partial charge in [0.25, 0.3) is 11.5 Å². The fourth-order valence-electron chi connectivity index (χ4n) is 2.20. The fourth-order valence-corrected chi connectivity index (χ4v) is 2.20. The van der Waals surface area contributed by atoms with Crippen LogP contribution in [0.4, 0.5) is 5.69 Å². The van der Waals surface area contributed by atoms with Crippen molar-refractivity contribution in [1.29, 1.82) is 0 Å². The molecule has 0 fully saturated rings. The number of pyridine rings is 1. The average Bonchev–Trinajstić information content (AvgIpc) is 2.55. The molecule has 0 aliphatic carbocycles. The predicted molar refractivity (Wildman–Crippen MR) is 92.2 cm³/mol. The monoisotopic (exact) mass is 342 g/mol. The lowest BCUT2D eigenvalue weighted by atomic mass is 10.1. The molecule has 2 aromatic rings. The molecule has 1 amide bonds. The Bertz CT molecular complexity index is 881. The Kier molecular flexibility index (Phi) is 5.49. The topological polar surface area (TPSA) is 105 Å². The van der Waals surface area contributed by atoms with E-state index >= 15 is 0 Å². The van der Waals surface area contributed by atoms with Gasteiger partial charge in [-0.05, 0) is 51.1 Å². The number of aromatic amines is 1. The zero-order valence-corrected chi connectivity index (χ0v) is 14.1. The maximum atomic E-state index is 12.3. The first kappa shape index (κ1) is 18.1.